The van der Waals surface area contributed by atoms with Crippen LogP contribution < -0.4 is 10.2 Å². The van der Waals surface area contributed by atoms with Crippen LogP contribution in [0, 0.1) is 13.8 Å². The van der Waals surface area contributed by atoms with Gasteiger partial charge in [-0.1, -0.05) is 29.5 Å². The van der Waals surface area contributed by atoms with Gasteiger partial charge in [0, 0.05) is 25.3 Å². The summed E-state index contributed by atoms with van der Waals surface area (Å²) >= 11 is 1.55. The van der Waals surface area contributed by atoms with E-state index >= 15 is 0 Å². The van der Waals surface area contributed by atoms with Crippen molar-refractivity contribution in [2.75, 3.05) is 30.1 Å². The van der Waals surface area contributed by atoms with E-state index in [1.54, 1.807) is 11.8 Å². The fraction of sp³-hybridized carbons (Fsp3) is 0.375. The van der Waals surface area contributed by atoms with Crippen LogP contribution in [0.4, 0.5) is 17.3 Å². The van der Waals surface area contributed by atoms with E-state index in [4.69, 9.17) is 0 Å². The number of hydrogen-bond acceptors (Lipinski definition) is 5. The first-order chi connectivity index (χ1) is 10.0. The number of hydrogen-bond donors (Lipinski definition) is 1. The van der Waals surface area contributed by atoms with E-state index < -0.39 is 0 Å². The molecular weight excluding hydrogens is 280 g/mol. The van der Waals surface area contributed by atoms with Crippen molar-refractivity contribution in [2.24, 2.45) is 0 Å². The summed E-state index contributed by atoms with van der Waals surface area (Å²) in [6.07, 6.45) is 1.99. The molecule has 2 rings (SSSR count). The lowest BCUT2D eigenvalue weighted by atomic mass is 10.1. The van der Waals surface area contributed by atoms with Crippen molar-refractivity contribution in [1.29, 1.82) is 0 Å². The van der Waals surface area contributed by atoms with Crippen LogP contribution >= 0.6 is 11.8 Å². The molecule has 0 amide bonds. The third-order valence-corrected chi connectivity index (χ3v) is 3.84. The van der Waals surface area contributed by atoms with Gasteiger partial charge < -0.3 is 10.2 Å². The first-order valence-corrected chi connectivity index (χ1v) is 8.25. The highest BCUT2D eigenvalue weighted by Gasteiger charge is 2.11. The standard InChI is InChI=1S/C16H22N4S/c1-6-17-14-10-15(19-16(18-14)21-5)20(4)13-8-7-11(2)9-12(13)3/h7-10H,6H2,1-5H3,(H,17,18,19). The molecule has 0 aliphatic rings. The summed E-state index contributed by atoms with van der Waals surface area (Å²) in [7, 11) is 2.04. The minimum absolute atomic E-state index is 0.778. The number of benzene rings is 1. The molecular formula is C16H22N4S. The first kappa shape index (κ1) is 15.6. The monoisotopic (exact) mass is 302 g/mol. The van der Waals surface area contributed by atoms with Crippen molar-refractivity contribution in [3.8, 4) is 0 Å². The zero-order valence-electron chi connectivity index (χ0n) is 13.3. The quantitative estimate of drug-likeness (QED) is 0.667. The summed E-state index contributed by atoms with van der Waals surface area (Å²) in [6.45, 7) is 7.14. The van der Waals surface area contributed by atoms with Crippen LogP contribution in [0.25, 0.3) is 0 Å². The molecule has 0 saturated heterocycles. The third kappa shape index (κ3) is 3.67. The van der Waals surface area contributed by atoms with E-state index in [2.05, 4.69) is 59.2 Å². The van der Waals surface area contributed by atoms with Gasteiger partial charge in [-0.3, -0.25) is 0 Å². The lowest BCUT2D eigenvalue weighted by molar-refractivity contribution is 0.939. The number of rotatable bonds is 5. The van der Waals surface area contributed by atoms with Gasteiger partial charge in [-0.2, -0.15) is 0 Å². The van der Waals surface area contributed by atoms with Gasteiger partial charge in [-0.05, 0) is 38.7 Å². The molecule has 1 N–H and O–H groups in total. The van der Waals surface area contributed by atoms with Gasteiger partial charge in [-0.15, -0.1) is 0 Å². The average molecular weight is 302 g/mol. The van der Waals surface area contributed by atoms with Gasteiger partial charge in [-0.25, -0.2) is 9.97 Å². The Morgan fingerprint density at radius 3 is 2.57 bits per heavy atom. The fourth-order valence-electron chi connectivity index (χ4n) is 2.25. The highest BCUT2D eigenvalue weighted by atomic mass is 32.2. The maximum atomic E-state index is 4.61. The molecule has 0 aliphatic carbocycles. The highest BCUT2D eigenvalue weighted by Crippen LogP contribution is 2.28. The smallest absolute Gasteiger partial charge is 0.191 e. The van der Waals surface area contributed by atoms with Crippen molar-refractivity contribution >= 4 is 29.1 Å². The van der Waals surface area contributed by atoms with Crippen molar-refractivity contribution < 1.29 is 0 Å². The van der Waals surface area contributed by atoms with Gasteiger partial charge in [0.1, 0.15) is 11.6 Å². The van der Waals surface area contributed by atoms with Crippen molar-refractivity contribution in [3.63, 3.8) is 0 Å². The predicted molar refractivity (Wildman–Crippen MR) is 92.0 cm³/mol. The largest absolute Gasteiger partial charge is 0.370 e. The van der Waals surface area contributed by atoms with Crippen LogP contribution in [0.15, 0.2) is 29.4 Å². The predicted octanol–water partition coefficient (Wildman–Crippen LogP) is 4.02. The summed E-state index contributed by atoms with van der Waals surface area (Å²) in [5.41, 5.74) is 3.67. The average Bonchev–Trinajstić information content (AvgIpc) is 2.46. The van der Waals surface area contributed by atoms with E-state index in [0.29, 0.717) is 0 Å². The lowest BCUT2D eigenvalue weighted by Gasteiger charge is -2.22. The minimum atomic E-state index is 0.778. The molecule has 0 aliphatic heterocycles. The Labute approximate surface area is 131 Å². The molecule has 0 unspecified atom stereocenters. The molecule has 0 atom stereocenters. The Hall–Kier alpha value is -1.75. The van der Waals surface area contributed by atoms with E-state index in [9.17, 15) is 0 Å². The summed E-state index contributed by atoms with van der Waals surface area (Å²) in [5.74, 6) is 1.76. The molecule has 4 nitrogen and oxygen atoms in total. The summed E-state index contributed by atoms with van der Waals surface area (Å²) in [4.78, 5) is 11.2. The van der Waals surface area contributed by atoms with Crippen LogP contribution in [-0.4, -0.2) is 29.8 Å². The first-order valence-electron chi connectivity index (χ1n) is 7.03. The number of anilines is 3. The fourth-order valence-corrected chi connectivity index (χ4v) is 2.63. The summed E-state index contributed by atoms with van der Waals surface area (Å²) in [5, 5.41) is 4.04. The second-order valence-electron chi connectivity index (χ2n) is 4.98. The minimum Gasteiger partial charge on any atom is -0.370 e. The van der Waals surface area contributed by atoms with Crippen LogP contribution in [0.1, 0.15) is 18.1 Å². The molecule has 1 heterocycles. The van der Waals surface area contributed by atoms with Gasteiger partial charge in [0.2, 0.25) is 0 Å². The second kappa shape index (κ2) is 6.80. The normalized spacial score (nSPS) is 10.5. The lowest BCUT2D eigenvalue weighted by Crippen LogP contribution is -2.14. The van der Waals surface area contributed by atoms with Crippen molar-refractivity contribution in [3.05, 3.63) is 35.4 Å². The molecule has 5 heteroatoms. The molecule has 0 spiro atoms. The van der Waals surface area contributed by atoms with Gasteiger partial charge in [0.15, 0.2) is 5.16 Å². The maximum Gasteiger partial charge on any atom is 0.191 e. The number of aromatic nitrogens is 2. The molecule has 2 aromatic rings. The maximum absolute atomic E-state index is 4.61. The SMILES string of the molecule is CCNc1cc(N(C)c2ccc(C)cc2C)nc(SC)n1. The van der Waals surface area contributed by atoms with Crippen LogP contribution in [0.3, 0.4) is 0 Å². The summed E-state index contributed by atoms with van der Waals surface area (Å²) < 4.78 is 0. The number of aryl methyl sites for hydroxylation is 2. The molecule has 112 valence electrons. The van der Waals surface area contributed by atoms with E-state index in [1.165, 1.54) is 11.1 Å². The molecule has 1 aromatic carbocycles. The Morgan fingerprint density at radius 1 is 1.19 bits per heavy atom. The van der Waals surface area contributed by atoms with Gasteiger partial charge in [0.05, 0.1) is 0 Å². The number of nitrogens with one attached hydrogen (secondary N) is 1. The molecule has 21 heavy (non-hydrogen) atoms. The second-order valence-corrected chi connectivity index (χ2v) is 5.75. The van der Waals surface area contributed by atoms with Crippen molar-refractivity contribution in [2.45, 2.75) is 25.9 Å². The Kier molecular flexibility index (Phi) is 5.07. The van der Waals surface area contributed by atoms with Crippen molar-refractivity contribution in [1.82, 2.24) is 9.97 Å². The van der Waals surface area contributed by atoms with Crippen LogP contribution in [0.5, 0.6) is 0 Å². The van der Waals surface area contributed by atoms with E-state index in [1.807, 2.05) is 19.4 Å². The Balaban J connectivity index is 2.41. The molecule has 0 radical (unpaired) electrons. The Morgan fingerprint density at radius 2 is 1.95 bits per heavy atom. The number of thioether (sulfide) groups is 1. The van der Waals surface area contributed by atoms with E-state index in [-0.39, 0.29) is 0 Å². The number of nitrogens with zero attached hydrogens (tertiary/aromatic N) is 3. The topological polar surface area (TPSA) is 41.0 Å². The van der Waals surface area contributed by atoms with Gasteiger partial charge in [0.25, 0.3) is 0 Å². The highest BCUT2D eigenvalue weighted by molar-refractivity contribution is 7.98. The Bertz CT molecular complexity index is 628. The van der Waals surface area contributed by atoms with Crippen LogP contribution in [-0.2, 0) is 0 Å². The molecule has 1 aromatic heterocycles. The zero-order valence-corrected chi connectivity index (χ0v) is 14.1. The molecule has 0 fully saturated rings. The van der Waals surface area contributed by atoms with Gasteiger partial charge >= 0.3 is 0 Å². The molecule has 0 bridgehead atoms. The van der Waals surface area contributed by atoms with Crippen LogP contribution in [0.2, 0.25) is 0 Å². The third-order valence-electron chi connectivity index (χ3n) is 3.29. The zero-order chi connectivity index (χ0) is 15.4. The summed E-state index contributed by atoms with van der Waals surface area (Å²) in [6, 6.07) is 8.44. The molecule has 0 saturated carbocycles. The van der Waals surface area contributed by atoms with E-state index in [0.717, 1.165) is 29.0 Å².